The minimum atomic E-state index is -0.453. The first-order valence-electron chi connectivity index (χ1n) is 10.5. The van der Waals surface area contributed by atoms with E-state index in [1.165, 1.54) is 16.5 Å². The second-order valence-electron chi connectivity index (χ2n) is 7.77. The normalized spacial score (nSPS) is 14.8. The summed E-state index contributed by atoms with van der Waals surface area (Å²) < 4.78 is 19.7. The highest BCUT2D eigenvalue weighted by atomic mass is 19.1. The van der Waals surface area contributed by atoms with E-state index < -0.39 is 5.82 Å². The summed E-state index contributed by atoms with van der Waals surface area (Å²) in [5, 5.41) is 8.93. The fourth-order valence-corrected chi connectivity index (χ4v) is 3.87. The summed E-state index contributed by atoms with van der Waals surface area (Å²) in [6.45, 7) is 6.44. The fraction of sp³-hybridized carbons (Fsp3) is 0.417. The quantitative estimate of drug-likeness (QED) is 0.651. The number of ether oxygens (including phenoxy) is 1. The Hall–Kier alpha value is -2.95. The van der Waals surface area contributed by atoms with E-state index >= 15 is 0 Å². The van der Waals surface area contributed by atoms with Crippen LogP contribution in [-0.2, 0) is 11.3 Å². The molecule has 1 aliphatic heterocycles. The number of nitriles is 1. The van der Waals surface area contributed by atoms with Crippen LogP contribution in [0.4, 0.5) is 10.1 Å². The molecule has 6 nitrogen and oxygen atoms in total. The highest BCUT2D eigenvalue weighted by molar-refractivity contribution is 5.95. The number of para-hydroxylation sites is 1. The van der Waals surface area contributed by atoms with Crippen molar-refractivity contribution < 1.29 is 13.9 Å². The lowest BCUT2D eigenvalue weighted by atomic mass is 10.1. The maximum atomic E-state index is 14.2. The van der Waals surface area contributed by atoms with Crippen LogP contribution >= 0.6 is 0 Å². The van der Waals surface area contributed by atoms with E-state index in [0.29, 0.717) is 0 Å². The number of amides is 1. The Morgan fingerprint density at radius 1 is 1.16 bits per heavy atom. The molecule has 31 heavy (non-hydrogen) atoms. The molecule has 2 aromatic rings. The summed E-state index contributed by atoms with van der Waals surface area (Å²) in [6.07, 6.45) is 0.159. The first-order valence-corrected chi connectivity index (χ1v) is 10.5. The van der Waals surface area contributed by atoms with Gasteiger partial charge in [-0.15, -0.1) is 0 Å². The van der Waals surface area contributed by atoms with E-state index in [9.17, 15) is 9.18 Å². The zero-order valence-electron chi connectivity index (χ0n) is 18.2. The Kier molecular flexibility index (Phi) is 7.99. The van der Waals surface area contributed by atoms with E-state index in [-0.39, 0.29) is 31.1 Å². The minimum Gasteiger partial charge on any atom is -0.496 e. The molecule has 1 amide bonds. The molecule has 0 bridgehead atoms. The summed E-state index contributed by atoms with van der Waals surface area (Å²) in [6, 6.07) is 14.4. The summed E-state index contributed by atoms with van der Waals surface area (Å²) in [5.74, 6) is 0.251. The molecule has 1 saturated heterocycles. The van der Waals surface area contributed by atoms with Crippen molar-refractivity contribution >= 4 is 11.6 Å². The Balaban J connectivity index is 1.58. The summed E-state index contributed by atoms with van der Waals surface area (Å²) in [5.41, 5.74) is 2.59. The van der Waals surface area contributed by atoms with Gasteiger partial charge in [0.05, 0.1) is 31.8 Å². The van der Waals surface area contributed by atoms with Crippen molar-refractivity contribution in [2.45, 2.75) is 19.9 Å². The molecule has 0 saturated carbocycles. The van der Waals surface area contributed by atoms with Gasteiger partial charge in [0.2, 0.25) is 5.91 Å². The molecular weight excluding hydrogens is 395 g/mol. The molecule has 0 aromatic heterocycles. The molecule has 0 radical (unpaired) electrons. The lowest BCUT2D eigenvalue weighted by molar-refractivity contribution is -0.120. The predicted octanol–water partition coefficient (Wildman–Crippen LogP) is 3.21. The number of methoxy groups -OCH3 is 1. The van der Waals surface area contributed by atoms with Gasteiger partial charge < -0.3 is 9.64 Å². The molecule has 3 rings (SSSR count). The molecule has 0 spiro atoms. The molecule has 1 aliphatic rings. The van der Waals surface area contributed by atoms with Crippen molar-refractivity contribution in [3.63, 3.8) is 0 Å². The minimum absolute atomic E-state index is 0.159. The number of hydrogen-bond donors (Lipinski definition) is 0. The number of carbonyl (C=O) groups is 1. The Labute approximate surface area is 183 Å². The molecule has 1 heterocycles. The molecule has 164 valence electrons. The average Bonchev–Trinajstić information content (AvgIpc) is 2.77. The number of hydrogen-bond acceptors (Lipinski definition) is 5. The van der Waals surface area contributed by atoms with Crippen LogP contribution in [0.5, 0.6) is 5.75 Å². The maximum Gasteiger partial charge on any atom is 0.241 e. The SMILES string of the molecule is COc1ccc(C)cc1CN1CCN(CC(=O)N(CCC#N)c2ccccc2F)CC1. The van der Waals surface area contributed by atoms with Crippen LogP contribution in [0.15, 0.2) is 42.5 Å². The van der Waals surface area contributed by atoms with Gasteiger partial charge >= 0.3 is 0 Å². The van der Waals surface area contributed by atoms with Crippen molar-refractivity contribution in [3.05, 3.63) is 59.4 Å². The van der Waals surface area contributed by atoms with E-state index in [1.54, 1.807) is 25.3 Å². The number of piperazine rings is 1. The maximum absolute atomic E-state index is 14.2. The highest BCUT2D eigenvalue weighted by Crippen LogP contribution is 2.23. The molecule has 0 aliphatic carbocycles. The molecule has 0 N–H and O–H groups in total. The van der Waals surface area contributed by atoms with Gasteiger partial charge in [0.25, 0.3) is 0 Å². The van der Waals surface area contributed by atoms with Gasteiger partial charge in [0.1, 0.15) is 11.6 Å². The smallest absolute Gasteiger partial charge is 0.241 e. The fourth-order valence-electron chi connectivity index (χ4n) is 3.87. The van der Waals surface area contributed by atoms with Gasteiger partial charge in [0.15, 0.2) is 0 Å². The topological polar surface area (TPSA) is 59.8 Å². The molecule has 7 heteroatoms. The third-order valence-corrected chi connectivity index (χ3v) is 5.55. The second-order valence-corrected chi connectivity index (χ2v) is 7.77. The van der Waals surface area contributed by atoms with Gasteiger partial charge in [-0.25, -0.2) is 4.39 Å². The number of nitrogens with zero attached hydrogens (tertiary/aromatic N) is 4. The lowest BCUT2D eigenvalue weighted by Crippen LogP contribution is -2.50. The van der Waals surface area contributed by atoms with Gasteiger partial charge in [-0.3, -0.25) is 14.6 Å². The molecule has 2 aromatic carbocycles. The Bertz CT molecular complexity index is 935. The van der Waals surface area contributed by atoms with Crippen LogP contribution < -0.4 is 9.64 Å². The van der Waals surface area contributed by atoms with E-state index in [2.05, 4.69) is 22.8 Å². The van der Waals surface area contributed by atoms with E-state index in [0.717, 1.165) is 44.0 Å². The van der Waals surface area contributed by atoms with Gasteiger partial charge in [-0.1, -0.05) is 29.8 Å². The summed E-state index contributed by atoms with van der Waals surface area (Å²) in [7, 11) is 1.69. The van der Waals surface area contributed by atoms with Crippen LogP contribution in [0.1, 0.15) is 17.5 Å². The third kappa shape index (κ3) is 6.03. The van der Waals surface area contributed by atoms with Crippen LogP contribution in [0.3, 0.4) is 0 Å². The highest BCUT2D eigenvalue weighted by Gasteiger charge is 2.24. The van der Waals surface area contributed by atoms with Crippen molar-refractivity contribution in [2.24, 2.45) is 0 Å². The van der Waals surface area contributed by atoms with E-state index in [1.807, 2.05) is 18.2 Å². The predicted molar refractivity (Wildman–Crippen MR) is 118 cm³/mol. The van der Waals surface area contributed by atoms with Gasteiger partial charge in [-0.05, 0) is 25.1 Å². The number of carbonyl (C=O) groups excluding carboxylic acids is 1. The zero-order valence-corrected chi connectivity index (χ0v) is 18.2. The third-order valence-electron chi connectivity index (χ3n) is 5.55. The van der Waals surface area contributed by atoms with Crippen molar-refractivity contribution in [1.29, 1.82) is 5.26 Å². The van der Waals surface area contributed by atoms with Crippen LogP contribution in [0, 0.1) is 24.1 Å². The van der Waals surface area contributed by atoms with Gasteiger partial charge in [-0.2, -0.15) is 5.26 Å². The van der Waals surface area contributed by atoms with Crippen molar-refractivity contribution in [3.8, 4) is 11.8 Å². The number of anilines is 1. The number of benzene rings is 2. The van der Waals surface area contributed by atoms with E-state index in [4.69, 9.17) is 10.00 Å². The van der Waals surface area contributed by atoms with Gasteiger partial charge in [0, 0.05) is 44.8 Å². The van der Waals surface area contributed by atoms with Crippen LogP contribution in [0.2, 0.25) is 0 Å². The second kappa shape index (κ2) is 10.9. The largest absolute Gasteiger partial charge is 0.496 e. The Morgan fingerprint density at radius 3 is 2.55 bits per heavy atom. The first-order chi connectivity index (χ1) is 15.0. The lowest BCUT2D eigenvalue weighted by Gasteiger charge is -2.35. The molecule has 0 unspecified atom stereocenters. The number of aryl methyl sites for hydroxylation is 1. The van der Waals surface area contributed by atoms with Crippen molar-refractivity contribution in [1.82, 2.24) is 9.80 Å². The number of halogens is 1. The molecular formula is C24H29FN4O2. The van der Waals surface area contributed by atoms with Crippen LogP contribution in [-0.4, -0.2) is 62.1 Å². The number of rotatable bonds is 8. The molecule has 1 fully saturated rings. The standard InChI is InChI=1S/C24H29FN4O2/c1-19-8-9-23(31-2)20(16-19)17-27-12-14-28(15-13-27)18-24(30)29(11-5-10-26)22-7-4-3-6-21(22)25/h3-4,6-9,16H,5,11-15,17-18H2,1-2H3. The summed E-state index contributed by atoms with van der Waals surface area (Å²) in [4.78, 5) is 18.8. The van der Waals surface area contributed by atoms with Crippen molar-refractivity contribution in [2.75, 3.05) is 51.3 Å². The summed E-state index contributed by atoms with van der Waals surface area (Å²) >= 11 is 0. The van der Waals surface area contributed by atoms with Crippen LogP contribution in [0.25, 0.3) is 0 Å². The molecule has 0 atom stereocenters. The Morgan fingerprint density at radius 2 is 1.87 bits per heavy atom. The average molecular weight is 425 g/mol. The monoisotopic (exact) mass is 424 g/mol. The zero-order chi connectivity index (χ0) is 22.2. The first kappa shape index (κ1) is 22.7.